The first kappa shape index (κ1) is 68.1. The molecule has 3 aliphatic heterocycles. The topological polar surface area (TPSA) is 57.2 Å². The molecule has 0 saturated carbocycles. The summed E-state index contributed by atoms with van der Waals surface area (Å²) in [5.74, 6) is 0. The first-order chi connectivity index (χ1) is 16.0. The van der Waals surface area contributed by atoms with Crippen molar-refractivity contribution in [2.45, 2.75) is 108 Å². The van der Waals surface area contributed by atoms with Crippen molar-refractivity contribution in [2.75, 3.05) is 73.2 Å². The maximum absolute atomic E-state index is 7.57. The van der Waals surface area contributed by atoms with Crippen molar-refractivity contribution in [1.29, 1.82) is 0 Å². The first-order valence-corrected chi connectivity index (χ1v) is 13.2. The molecule has 3 aliphatic rings. The molecule has 248 valence electrons. The van der Waals surface area contributed by atoms with E-state index in [1.165, 1.54) is 97.1 Å². The maximum Gasteiger partial charge on any atom is 0.0402 e. The third kappa shape index (κ3) is 85.4. The van der Waals surface area contributed by atoms with Crippen molar-refractivity contribution >= 4 is 0 Å². The van der Waals surface area contributed by atoms with Crippen LogP contribution in [0.2, 0.25) is 0 Å². The van der Waals surface area contributed by atoms with Gasteiger partial charge in [0.15, 0.2) is 0 Å². The fourth-order valence-electron chi connectivity index (χ4n) is 2.91. The molecule has 0 unspecified atom stereocenters. The van der Waals surface area contributed by atoms with Crippen LogP contribution in [0, 0.1) is 21.1 Å². The second-order valence-electron chi connectivity index (χ2n) is 7.84. The first-order valence-electron chi connectivity index (χ1n) is 13.2. The Morgan fingerprint density at radius 3 is 0.872 bits per heavy atom. The van der Waals surface area contributed by atoms with Crippen molar-refractivity contribution < 1.29 is 77.8 Å². The van der Waals surface area contributed by atoms with E-state index in [-0.39, 0.29) is 92.1 Å². The predicted molar refractivity (Wildman–Crippen MR) is 167 cm³/mol. The van der Waals surface area contributed by atoms with Gasteiger partial charge in [0, 0.05) is 83.0 Å². The minimum Gasteiger partial charge on any atom is -0.555 e. The van der Waals surface area contributed by atoms with Crippen LogP contribution in [0.5, 0.6) is 0 Å². The molecular weight excluding hydrogens is 1000 g/mol. The smallest absolute Gasteiger partial charge is 0.0402 e. The van der Waals surface area contributed by atoms with E-state index < -0.39 is 0 Å². The van der Waals surface area contributed by atoms with Crippen LogP contribution in [0.25, 0.3) is 0 Å². The molecule has 0 aromatic carbocycles. The number of nitrogens with zero attached hydrogens (tertiary/aromatic N) is 2. The molecule has 0 aromatic rings. The van der Waals surface area contributed by atoms with Crippen LogP contribution in [0.3, 0.4) is 0 Å². The molecule has 0 bridgehead atoms. The van der Waals surface area contributed by atoms with E-state index in [1.54, 1.807) is 13.8 Å². The van der Waals surface area contributed by atoms with Crippen LogP contribution in [0.4, 0.5) is 0 Å². The van der Waals surface area contributed by atoms with Crippen LogP contribution in [-0.2, 0) is 72.7 Å². The van der Waals surface area contributed by atoms with Gasteiger partial charge in [0.2, 0.25) is 0 Å². The van der Waals surface area contributed by atoms with E-state index in [9.17, 15) is 0 Å². The average molecular weight is 1080 g/mol. The van der Waals surface area contributed by atoms with Crippen molar-refractivity contribution in [1.82, 2.24) is 15.1 Å². The fraction of sp³-hybridized carbons (Fsp3) is 0.900. The number of piperidine rings is 3. The van der Waals surface area contributed by atoms with E-state index in [1.807, 2.05) is 13.8 Å². The Hall–Kier alpha value is 1.82. The summed E-state index contributed by atoms with van der Waals surface area (Å²) in [4.78, 5) is 4.78. The summed E-state index contributed by atoms with van der Waals surface area (Å²) in [6.07, 6.45) is 12.8. The molecule has 9 heteroatoms. The van der Waals surface area contributed by atoms with Gasteiger partial charge < -0.3 is 36.6 Å². The number of hydrogen-bond acceptors (Lipinski definition) is 6. The Labute approximate surface area is 293 Å². The van der Waals surface area contributed by atoms with Crippen molar-refractivity contribution in [3.05, 3.63) is 21.1 Å². The summed E-state index contributed by atoms with van der Waals surface area (Å²) in [7, 11) is 10.6. The van der Waals surface area contributed by atoms with Gasteiger partial charge in [0.25, 0.3) is 0 Å². The third-order valence-electron chi connectivity index (χ3n) is 4.77. The second kappa shape index (κ2) is 72.3. The fourth-order valence-corrected chi connectivity index (χ4v) is 2.91. The van der Waals surface area contributed by atoms with Crippen molar-refractivity contribution in [3.63, 3.8) is 0 Å². The number of aliphatic hydroxyl groups is 1. The summed E-state index contributed by atoms with van der Waals surface area (Å²) < 4.78 is 8.58. The minimum absolute atomic E-state index is 0. The summed E-state index contributed by atoms with van der Waals surface area (Å²) in [5.41, 5.74) is 0. The van der Waals surface area contributed by atoms with Crippen LogP contribution < -0.4 is 5.32 Å². The maximum atomic E-state index is 7.57. The average Bonchev–Trinajstić information content (AvgIpc) is 2.89. The number of nitrogens with one attached hydrogen (secondary N) is 1. The molecule has 0 spiro atoms. The van der Waals surface area contributed by atoms with Gasteiger partial charge in [-0.1, -0.05) is 41.5 Å². The molecule has 3 heterocycles. The minimum atomic E-state index is 0. The Kier molecular flexibility index (Phi) is 126. The van der Waals surface area contributed by atoms with Crippen LogP contribution in [-0.4, -0.2) is 88.1 Å². The molecular formula is C30H74N3O3W3-3. The van der Waals surface area contributed by atoms with Gasteiger partial charge in [0.1, 0.15) is 0 Å². The van der Waals surface area contributed by atoms with Crippen LogP contribution in [0.1, 0.15) is 108 Å². The van der Waals surface area contributed by atoms with E-state index in [0.717, 1.165) is 0 Å². The zero-order valence-electron chi connectivity index (χ0n) is 24.7. The van der Waals surface area contributed by atoms with E-state index in [4.69, 9.17) is 5.11 Å². The number of ether oxygens (including phenoxy) is 2. The Morgan fingerprint density at radius 2 is 0.795 bits per heavy atom. The predicted octanol–water partition coefficient (Wildman–Crippen LogP) is 7.33. The van der Waals surface area contributed by atoms with Gasteiger partial charge in [-0.25, -0.2) is 14.2 Å². The summed E-state index contributed by atoms with van der Waals surface area (Å²) >= 11 is 0. The molecule has 3 saturated heterocycles. The Morgan fingerprint density at radius 1 is 0.590 bits per heavy atom. The molecule has 6 nitrogen and oxygen atoms in total. The zero-order chi connectivity index (χ0) is 26.0. The van der Waals surface area contributed by atoms with Gasteiger partial charge >= 0.3 is 0 Å². The molecule has 3 fully saturated rings. The number of hydrogen-bond donors (Lipinski definition) is 2. The third-order valence-corrected chi connectivity index (χ3v) is 4.77. The Bertz CT molecular complexity index is 250. The molecule has 0 aliphatic carbocycles. The molecule has 0 atom stereocenters. The summed E-state index contributed by atoms with van der Waals surface area (Å²) in [5, 5.41) is 10.9. The molecule has 39 heavy (non-hydrogen) atoms. The monoisotopic (exact) mass is 1080 g/mol. The summed E-state index contributed by atoms with van der Waals surface area (Å²) in [6, 6.07) is 0. The normalized spacial score (nSPS) is 14.9. The van der Waals surface area contributed by atoms with Crippen molar-refractivity contribution in [3.8, 4) is 0 Å². The van der Waals surface area contributed by atoms with Gasteiger partial charge in [-0.15, -0.1) is 0 Å². The second-order valence-corrected chi connectivity index (χ2v) is 7.84. The Balaban J connectivity index is -0.0000000317. The molecule has 0 amide bonds. The molecule has 0 aromatic heterocycles. The summed E-state index contributed by atoms with van der Waals surface area (Å²) in [6.45, 7) is 19.9. The van der Waals surface area contributed by atoms with Crippen molar-refractivity contribution in [2.24, 2.45) is 0 Å². The van der Waals surface area contributed by atoms with Crippen LogP contribution >= 0.6 is 0 Å². The quantitative estimate of drug-likeness (QED) is 0.283. The van der Waals surface area contributed by atoms with E-state index in [0.29, 0.717) is 13.2 Å². The van der Waals surface area contributed by atoms with E-state index >= 15 is 0 Å². The molecule has 3 rings (SSSR count). The van der Waals surface area contributed by atoms with Gasteiger partial charge in [-0.2, -0.15) is 6.92 Å². The number of aliphatic hydroxyl groups excluding tert-OH is 1. The van der Waals surface area contributed by atoms with Gasteiger partial charge in [-0.05, 0) is 113 Å². The SMILES string of the molecule is C.C.C.C1CCNCC1.CCO.CN1CCCCC1.CN1CCCCC1.[CH2-]C.[CH2-]OCC.[CH2-]OCC.[W].[W].[W]. The molecule has 2 N–H and O–H groups in total. The number of rotatable bonds is 2. The van der Waals surface area contributed by atoms with Crippen LogP contribution in [0.15, 0.2) is 0 Å². The number of likely N-dealkylation sites (tertiary alicyclic amines) is 2. The zero-order valence-corrected chi connectivity index (χ0v) is 33.5. The molecule has 0 radical (unpaired) electrons. The van der Waals surface area contributed by atoms with E-state index in [2.05, 4.69) is 59.8 Å². The van der Waals surface area contributed by atoms with Gasteiger partial charge in [0.05, 0.1) is 0 Å². The van der Waals surface area contributed by atoms with Gasteiger partial charge in [-0.3, -0.25) is 0 Å². The largest absolute Gasteiger partial charge is 0.555 e. The standard InChI is InChI=1S/2C6H13N.C5H11N.2C3H7O.C2H6O.C2H5.3CH4.3W/c2*1-7-5-3-2-4-6-7;1-2-4-6-5-3-1;2*1-3-4-2;1-2-3;1-2;;;;;;/h2*2-6H2,1H3;6H,1-5H2;2*2-3H2,1H3;3H,2H2,1H3;1H2,2H3;3*1H4;;;/q;;;2*-1;;-1;;;;;;.